The predicted molar refractivity (Wildman–Crippen MR) is 114 cm³/mol. The lowest BCUT2D eigenvalue weighted by atomic mass is 10.1. The first-order valence-electron chi connectivity index (χ1n) is 9.77. The Morgan fingerprint density at radius 1 is 1.22 bits per heavy atom. The summed E-state index contributed by atoms with van der Waals surface area (Å²) in [5.41, 5.74) is 0.0142. The molecule has 2 aromatic carbocycles. The molecule has 32 heavy (non-hydrogen) atoms. The summed E-state index contributed by atoms with van der Waals surface area (Å²) in [6.45, 7) is 2.41. The number of anilines is 2. The highest BCUT2D eigenvalue weighted by molar-refractivity contribution is 6.31. The number of rotatable bonds is 6. The molecule has 0 aliphatic carbocycles. The molecule has 2 N–H and O–H groups in total. The Hall–Kier alpha value is -2.82. The first-order valence-corrected chi connectivity index (χ1v) is 10.1. The lowest BCUT2D eigenvalue weighted by molar-refractivity contribution is -0.137. The molecule has 3 aromatic rings. The van der Waals surface area contributed by atoms with Crippen molar-refractivity contribution in [3.05, 3.63) is 47.2 Å². The van der Waals surface area contributed by atoms with Crippen LogP contribution in [0.1, 0.15) is 5.56 Å². The second kappa shape index (κ2) is 9.35. The van der Waals surface area contributed by atoms with Crippen LogP contribution in [-0.2, 0) is 10.9 Å². The van der Waals surface area contributed by atoms with Gasteiger partial charge in [-0.3, -0.25) is 0 Å². The van der Waals surface area contributed by atoms with E-state index in [1.165, 1.54) is 25.6 Å². The third-order valence-corrected chi connectivity index (χ3v) is 5.20. The van der Waals surface area contributed by atoms with Gasteiger partial charge < -0.3 is 24.8 Å². The minimum Gasteiger partial charge on any atom is -0.493 e. The number of aromatic nitrogens is 2. The van der Waals surface area contributed by atoms with Gasteiger partial charge in [0, 0.05) is 30.2 Å². The Morgan fingerprint density at radius 3 is 2.75 bits per heavy atom. The van der Waals surface area contributed by atoms with Crippen molar-refractivity contribution in [1.29, 1.82) is 0 Å². The maximum absolute atomic E-state index is 13.0. The average Bonchev–Trinajstić information content (AvgIpc) is 2.77. The summed E-state index contributed by atoms with van der Waals surface area (Å²) >= 11 is 5.83. The Morgan fingerprint density at radius 2 is 2.06 bits per heavy atom. The third kappa shape index (κ3) is 4.98. The third-order valence-electron chi connectivity index (χ3n) is 4.89. The summed E-state index contributed by atoms with van der Waals surface area (Å²) in [5, 5.41) is 6.43. The molecule has 1 atom stereocenters. The number of morpholine rings is 1. The molecule has 170 valence electrons. The maximum atomic E-state index is 13.0. The molecular weight excluding hydrogens is 449 g/mol. The molecule has 1 aliphatic heterocycles. The standard InChI is InChI=1S/C21H20ClF3N4O3/c1-30-18-8-17-14(7-19(18)32-10-13-9-26-4-5-31-13)20(28-11-27-17)29-12-2-3-15(16(22)6-12)21(23,24)25/h2-3,6-8,11,13,26H,4-5,9-10H2,1H3,(H,27,28,29). The first kappa shape index (κ1) is 22.4. The van der Waals surface area contributed by atoms with Crippen molar-refractivity contribution in [3.63, 3.8) is 0 Å². The maximum Gasteiger partial charge on any atom is 0.417 e. The molecule has 1 fully saturated rings. The molecule has 1 aliphatic rings. The van der Waals surface area contributed by atoms with E-state index in [-0.39, 0.29) is 6.10 Å². The van der Waals surface area contributed by atoms with Crippen molar-refractivity contribution in [2.24, 2.45) is 0 Å². The van der Waals surface area contributed by atoms with E-state index in [1.54, 1.807) is 12.1 Å². The fraction of sp³-hybridized carbons (Fsp3) is 0.333. The summed E-state index contributed by atoms with van der Waals surface area (Å²) < 4.78 is 55.9. The van der Waals surface area contributed by atoms with Crippen LogP contribution in [0.2, 0.25) is 5.02 Å². The van der Waals surface area contributed by atoms with Crippen molar-refractivity contribution >= 4 is 34.0 Å². The number of nitrogens with one attached hydrogen (secondary N) is 2. The summed E-state index contributed by atoms with van der Waals surface area (Å²) in [7, 11) is 1.53. The van der Waals surface area contributed by atoms with Crippen molar-refractivity contribution in [2.75, 3.05) is 38.7 Å². The molecular formula is C21H20ClF3N4O3. The van der Waals surface area contributed by atoms with Crippen molar-refractivity contribution in [2.45, 2.75) is 12.3 Å². The van der Waals surface area contributed by atoms with E-state index in [9.17, 15) is 13.2 Å². The minimum absolute atomic E-state index is 0.0944. The SMILES string of the molecule is COc1cc2ncnc(Nc3ccc(C(F)(F)F)c(Cl)c3)c2cc1OCC1CNCCO1. The number of methoxy groups -OCH3 is 1. The summed E-state index contributed by atoms with van der Waals surface area (Å²) in [6, 6.07) is 6.84. The molecule has 2 heterocycles. The zero-order valence-corrected chi connectivity index (χ0v) is 17.8. The smallest absolute Gasteiger partial charge is 0.417 e. The topological polar surface area (TPSA) is 77.5 Å². The summed E-state index contributed by atoms with van der Waals surface area (Å²) in [5.74, 6) is 1.34. The van der Waals surface area contributed by atoms with Crippen molar-refractivity contribution in [3.8, 4) is 11.5 Å². The highest BCUT2D eigenvalue weighted by Crippen LogP contribution is 2.38. The molecule has 0 saturated carbocycles. The average molecular weight is 469 g/mol. The van der Waals surface area contributed by atoms with Crippen LogP contribution in [0.5, 0.6) is 11.5 Å². The fourth-order valence-corrected chi connectivity index (χ4v) is 3.59. The van der Waals surface area contributed by atoms with E-state index in [0.29, 0.717) is 53.7 Å². The molecule has 0 amide bonds. The number of fused-ring (bicyclic) bond motifs is 1. The quantitative estimate of drug-likeness (QED) is 0.554. The van der Waals surface area contributed by atoms with Gasteiger partial charge >= 0.3 is 6.18 Å². The van der Waals surface area contributed by atoms with E-state index in [2.05, 4.69) is 20.6 Å². The van der Waals surface area contributed by atoms with Crippen LogP contribution in [0.4, 0.5) is 24.7 Å². The number of nitrogens with zero attached hydrogens (tertiary/aromatic N) is 2. The number of halogens is 4. The molecule has 0 radical (unpaired) electrons. The van der Waals surface area contributed by atoms with Crippen LogP contribution in [0.25, 0.3) is 10.9 Å². The monoisotopic (exact) mass is 468 g/mol. The van der Waals surface area contributed by atoms with Gasteiger partial charge in [-0.05, 0) is 24.3 Å². The van der Waals surface area contributed by atoms with Crippen LogP contribution in [0, 0.1) is 0 Å². The number of hydrogen-bond acceptors (Lipinski definition) is 7. The van der Waals surface area contributed by atoms with Gasteiger partial charge in [0.2, 0.25) is 0 Å². The Bertz CT molecular complexity index is 1110. The van der Waals surface area contributed by atoms with Crippen LogP contribution in [0.15, 0.2) is 36.7 Å². The Balaban J connectivity index is 1.62. The van der Waals surface area contributed by atoms with Gasteiger partial charge in [-0.15, -0.1) is 0 Å². The minimum atomic E-state index is -4.53. The Labute approximate surface area is 186 Å². The second-order valence-corrected chi connectivity index (χ2v) is 7.48. The molecule has 7 nitrogen and oxygen atoms in total. The van der Waals surface area contributed by atoms with Crippen molar-refractivity contribution < 1.29 is 27.4 Å². The second-order valence-electron chi connectivity index (χ2n) is 7.07. The van der Waals surface area contributed by atoms with Gasteiger partial charge in [-0.25, -0.2) is 9.97 Å². The summed E-state index contributed by atoms with van der Waals surface area (Å²) in [6.07, 6.45) is -3.28. The van der Waals surface area contributed by atoms with Gasteiger partial charge in [-0.2, -0.15) is 13.2 Å². The van der Waals surface area contributed by atoms with Gasteiger partial charge in [0.15, 0.2) is 11.5 Å². The molecule has 0 bridgehead atoms. The number of benzene rings is 2. The lowest BCUT2D eigenvalue weighted by Crippen LogP contribution is -2.41. The van der Waals surface area contributed by atoms with Gasteiger partial charge in [0.25, 0.3) is 0 Å². The van der Waals surface area contributed by atoms with Gasteiger partial charge in [-0.1, -0.05) is 11.6 Å². The first-order chi connectivity index (χ1) is 15.3. The van der Waals surface area contributed by atoms with E-state index in [4.69, 9.17) is 25.8 Å². The molecule has 11 heteroatoms. The van der Waals surface area contributed by atoms with E-state index in [1.807, 2.05) is 0 Å². The molecule has 1 aromatic heterocycles. The number of ether oxygens (including phenoxy) is 3. The predicted octanol–water partition coefficient (Wildman–Crippen LogP) is 4.42. The highest BCUT2D eigenvalue weighted by Gasteiger charge is 2.33. The van der Waals surface area contributed by atoms with Crippen LogP contribution in [-0.4, -0.2) is 49.5 Å². The normalized spacial score (nSPS) is 16.7. The molecule has 0 spiro atoms. The Kier molecular flexibility index (Phi) is 6.54. The number of hydrogen-bond donors (Lipinski definition) is 2. The number of alkyl halides is 3. The molecule has 1 saturated heterocycles. The molecule has 1 unspecified atom stereocenters. The van der Waals surface area contributed by atoms with Crippen LogP contribution < -0.4 is 20.1 Å². The highest BCUT2D eigenvalue weighted by atomic mass is 35.5. The zero-order chi connectivity index (χ0) is 22.7. The van der Waals surface area contributed by atoms with Crippen LogP contribution >= 0.6 is 11.6 Å². The zero-order valence-electron chi connectivity index (χ0n) is 17.0. The largest absolute Gasteiger partial charge is 0.493 e. The van der Waals surface area contributed by atoms with Crippen LogP contribution in [0.3, 0.4) is 0 Å². The van der Waals surface area contributed by atoms with E-state index < -0.39 is 16.8 Å². The van der Waals surface area contributed by atoms with Crippen molar-refractivity contribution in [1.82, 2.24) is 15.3 Å². The lowest BCUT2D eigenvalue weighted by Gasteiger charge is -2.24. The van der Waals surface area contributed by atoms with Gasteiger partial charge in [0.05, 0.1) is 29.8 Å². The molecule has 4 rings (SSSR count). The fourth-order valence-electron chi connectivity index (χ4n) is 3.30. The van der Waals surface area contributed by atoms with E-state index in [0.717, 1.165) is 12.6 Å². The van der Waals surface area contributed by atoms with Gasteiger partial charge in [0.1, 0.15) is 24.9 Å². The summed E-state index contributed by atoms with van der Waals surface area (Å²) in [4.78, 5) is 8.48. The van der Waals surface area contributed by atoms with E-state index >= 15 is 0 Å².